The third kappa shape index (κ3) is 3.76. The molecule has 13 atom stereocenters. The summed E-state index contributed by atoms with van der Waals surface area (Å²) in [5.74, 6) is -0.104. The molecule has 0 aromatic carbocycles. The molecule has 6 rings (SSSR count). The Hall–Kier alpha value is -1.48. The zero-order chi connectivity index (χ0) is 28.1. The van der Waals surface area contributed by atoms with Crippen molar-refractivity contribution in [2.45, 2.75) is 122 Å². The summed E-state index contributed by atoms with van der Waals surface area (Å²) in [5, 5.41) is 23.2. The van der Waals surface area contributed by atoms with Crippen LogP contribution in [0.4, 0.5) is 0 Å². The SMILES string of the molecule is C=C1CC[C@@]2(OC1)O[C@H]1C[C@H]3[C@@H]4CC[C@]5(O)C[C@@H](O)[C@@H](OC(C)=O)[C@@H](OC(C)=O)[C@]5(C)[C@H]4CC[C@]3(C)[C@H]1[C@@H]2C. The summed E-state index contributed by atoms with van der Waals surface area (Å²) in [7, 11) is 0. The first-order chi connectivity index (χ1) is 18.3. The number of aliphatic hydroxyl groups excluding tert-OH is 1. The van der Waals surface area contributed by atoms with E-state index in [-0.39, 0.29) is 29.8 Å². The van der Waals surface area contributed by atoms with E-state index in [1.807, 2.05) is 6.92 Å². The maximum atomic E-state index is 12.3. The van der Waals surface area contributed by atoms with Gasteiger partial charge in [0.05, 0.1) is 24.4 Å². The fourth-order valence-corrected chi connectivity index (χ4v) is 10.8. The molecule has 0 aromatic heterocycles. The molecule has 0 aromatic rings. The van der Waals surface area contributed by atoms with Crippen molar-refractivity contribution >= 4 is 11.9 Å². The summed E-state index contributed by atoms with van der Waals surface area (Å²) >= 11 is 0. The summed E-state index contributed by atoms with van der Waals surface area (Å²) < 4.78 is 24.7. The van der Waals surface area contributed by atoms with Crippen LogP contribution in [0.2, 0.25) is 0 Å². The molecule has 0 bridgehead atoms. The third-order valence-electron chi connectivity index (χ3n) is 12.5. The molecule has 0 unspecified atom stereocenters. The highest BCUT2D eigenvalue weighted by Gasteiger charge is 2.73. The van der Waals surface area contributed by atoms with E-state index in [4.69, 9.17) is 18.9 Å². The van der Waals surface area contributed by atoms with Gasteiger partial charge in [-0.3, -0.25) is 9.59 Å². The molecule has 4 saturated carbocycles. The average molecular weight is 547 g/mol. The number of rotatable bonds is 2. The highest BCUT2D eigenvalue weighted by Crippen LogP contribution is 2.72. The number of aliphatic hydroxyl groups is 2. The minimum absolute atomic E-state index is 0.0570. The van der Waals surface area contributed by atoms with Crippen molar-refractivity contribution in [1.29, 1.82) is 0 Å². The molecule has 6 fully saturated rings. The fourth-order valence-electron chi connectivity index (χ4n) is 10.8. The predicted octanol–water partition coefficient (Wildman–Crippen LogP) is 3.91. The Balaban J connectivity index is 1.33. The van der Waals surface area contributed by atoms with Crippen LogP contribution in [0.3, 0.4) is 0 Å². The van der Waals surface area contributed by atoms with Crippen molar-refractivity contribution in [2.75, 3.05) is 6.61 Å². The number of hydrogen-bond acceptors (Lipinski definition) is 8. The van der Waals surface area contributed by atoms with E-state index in [1.165, 1.54) is 13.8 Å². The van der Waals surface area contributed by atoms with Gasteiger partial charge in [0.1, 0.15) is 6.10 Å². The summed E-state index contributed by atoms with van der Waals surface area (Å²) in [4.78, 5) is 24.4. The Morgan fingerprint density at radius 3 is 2.41 bits per heavy atom. The van der Waals surface area contributed by atoms with Gasteiger partial charge in [-0.15, -0.1) is 0 Å². The Labute approximate surface area is 231 Å². The monoisotopic (exact) mass is 546 g/mol. The molecule has 0 amide bonds. The molecule has 8 heteroatoms. The largest absolute Gasteiger partial charge is 0.458 e. The number of carbonyl (C=O) groups excluding carboxylic acids is 2. The molecule has 2 heterocycles. The third-order valence-corrected chi connectivity index (χ3v) is 12.5. The van der Waals surface area contributed by atoms with E-state index in [1.54, 1.807) is 0 Å². The van der Waals surface area contributed by atoms with E-state index in [9.17, 15) is 19.8 Å². The molecule has 2 saturated heterocycles. The lowest BCUT2D eigenvalue weighted by Crippen LogP contribution is -2.72. The van der Waals surface area contributed by atoms with Gasteiger partial charge < -0.3 is 29.2 Å². The molecule has 218 valence electrons. The van der Waals surface area contributed by atoms with Crippen molar-refractivity contribution in [3.05, 3.63) is 12.2 Å². The normalized spacial score (nSPS) is 54.3. The Morgan fingerprint density at radius 1 is 1.05 bits per heavy atom. The second-order valence-corrected chi connectivity index (χ2v) is 14.2. The van der Waals surface area contributed by atoms with Gasteiger partial charge in [-0.2, -0.15) is 0 Å². The lowest BCUT2D eigenvalue weighted by atomic mass is 9.42. The van der Waals surface area contributed by atoms with E-state index in [2.05, 4.69) is 20.4 Å². The van der Waals surface area contributed by atoms with Crippen LogP contribution in [0, 0.1) is 40.4 Å². The van der Waals surface area contributed by atoms with Gasteiger partial charge in [0.25, 0.3) is 0 Å². The number of fused-ring (bicyclic) bond motifs is 7. The Morgan fingerprint density at radius 2 is 1.77 bits per heavy atom. The highest BCUT2D eigenvalue weighted by molar-refractivity contribution is 5.67. The van der Waals surface area contributed by atoms with Crippen LogP contribution in [0.1, 0.15) is 86.0 Å². The van der Waals surface area contributed by atoms with Crippen LogP contribution in [0.25, 0.3) is 0 Å². The molecule has 8 nitrogen and oxygen atoms in total. The molecule has 4 aliphatic carbocycles. The maximum absolute atomic E-state index is 12.3. The minimum atomic E-state index is -1.22. The van der Waals surface area contributed by atoms with Gasteiger partial charge in [0.2, 0.25) is 0 Å². The second kappa shape index (κ2) is 9.01. The fraction of sp³-hybridized carbons (Fsp3) is 0.871. The molecule has 2 aliphatic heterocycles. The Kier molecular flexibility index (Phi) is 6.39. The summed E-state index contributed by atoms with van der Waals surface area (Å²) in [6.45, 7) is 14.1. The van der Waals surface area contributed by atoms with Gasteiger partial charge in [0.15, 0.2) is 11.9 Å². The second-order valence-electron chi connectivity index (χ2n) is 14.2. The van der Waals surface area contributed by atoms with Crippen molar-refractivity contribution in [3.8, 4) is 0 Å². The first-order valence-corrected chi connectivity index (χ1v) is 15.0. The summed E-state index contributed by atoms with van der Waals surface area (Å²) in [5.41, 5.74) is -0.870. The van der Waals surface area contributed by atoms with Gasteiger partial charge in [-0.1, -0.05) is 32.9 Å². The molecule has 6 aliphatic rings. The predicted molar refractivity (Wildman–Crippen MR) is 141 cm³/mol. The zero-order valence-corrected chi connectivity index (χ0v) is 24.1. The van der Waals surface area contributed by atoms with Crippen LogP contribution in [-0.2, 0) is 28.5 Å². The van der Waals surface area contributed by atoms with E-state index < -0.39 is 47.1 Å². The molecule has 1 spiro atoms. The molecular weight excluding hydrogens is 500 g/mol. The van der Waals surface area contributed by atoms with E-state index in [0.29, 0.717) is 30.8 Å². The van der Waals surface area contributed by atoms with Crippen molar-refractivity contribution in [1.82, 2.24) is 0 Å². The van der Waals surface area contributed by atoms with E-state index in [0.717, 1.165) is 44.1 Å². The number of carbonyl (C=O) groups is 2. The molecule has 2 N–H and O–H groups in total. The zero-order valence-electron chi connectivity index (χ0n) is 24.1. The number of esters is 2. The minimum Gasteiger partial charge on any atom is -0.458 e. The standard InChI is InChI=1S/C31H46O8/c1-16-7-12-31(36-15-16)17(2)25-24(39-31)13-22-20-8-11-30(35)14-23(34)26(37-18(3)32)27(38-19(4)33)29(30,6)21(20)9-10-28(22,25)5/h17,20-27,34-35H,1,7-15H2,2-6H3/t17-,20+,21-,22-,23+,24-,25-,26+,27+,28-,29-,30-,31+/m0/s1. The maximum Gasteiger partial charge on any atom is 0.303 e. The topological polar surface area (TPSA) is 112 Å². The first kappa shape index (κ1) is 27.7. The van der Waals surface area contributed by atoms with Crippen LogP contribution in [-0.4, -0.2) is 64.6 Å². The van der Waals surface area contributed by atoms with Gasteiger partial charge in [0, 0.05) is 38.0 Å². The van der Waals surface area contributed by atoms with Gasteiger partial charge in [-0.25, -0.2) is 0 Å². The number of hydrogen-bond donors (Lipinski definition) is 2. The van der Waals surface area contributed by atoms with E-state index >= 15 is 0 Å². The van der Waals surface area contributed by atoms with Crippen molar-refractivity contribution in [3.63, 3.8) is 0 Å². The van der Waals surface area contributed by atoms with Gasteiger partial charge >= 0.3 is 11.9 Å². The smallest absolute Gasteiger partial charge is 0.303 e. The van der Waals surface area contributed by atoms with Gasteiger partial charge in [-0.05, 0) is 67.6 Å². The van der Waals surface area contributed by atoms with Crippen LogP contribution < -0.4 is 0 Å². The van der Waals surface area contributed by atoms with Crippen LogP contribution in [0.5, 0.6) is 0 Å². The average Bonchev–Trinajstić information content (AvgIpc) is 3.29. The number of ether oxygens (including phenoxy) is 4. The quantitative estimate of drug-likeness (QED) is 0.396. The van der Waals surface area contributed by atoms with Crippen molar-refractivity contribution < 1.29 is 38.7 Å². The van der Waals surface area contributed by atoms with Crippen LogP contribution in [0.15, 0.2) is 12.2 Å². The molecule has 0 radical (unpaired) electrons. The lowest BCUT2D eigenvalue weighted by Gasteiger charge is -2.66. The Bertz CT molecular complexity index is 1050. The van der Waals surface area contributed by atoms with Crippen molar-refractivity contribution in [2.24, 2.45) is 40.4 Å². The molecular formula is C31H46O8. The summed E-state index contributed by atoms with van der Waals surface area (Å²) in [6, 6.07) is 0. The first-order valence-electron chi connectivity index (χ1n) is 15.0. The summed E-state index contributed by atoms with van der Waals surface area (Å²) in [6.07, 6.45) is 3.19. The lowest BCUT2D eigenvalue weighted by molar-refractivity contribution is -0.294. The highest BCUT2D eigenvalue weighted by atomic mass is 16.7. The van der Waals surface area contributed by atoms with Crippen LogP contribution >= 0.6 is 0 Å². The molecule has 39 heavy (non-hydrogen) atoms.